The molecule has 1 aromatic rings. The Morgan fingerprint density at radius 2 is 2.10 bits per heavy atom. The number of hydrogen-bond acceptors (Lipinski definition) is 2. The third-order valence-corrected chi connectivity index (χ3v) is 4.51. The van der Waals surface area contributed by atoms with Crippen molar-refractivity contribution >= 4 is 35.1 Å². The number of benzene rings is 1. The van der Waals surface area contributed by atoms with Gasteiger partial charge in [-0.1, -0.05) is 36.2 Å². The molecule has 1 N–H and O–H groups in total. The minimum Gasteiger partial charge on any atom is -0.481 e. The van der Waals surface area contributed by atoms with Gasteiger partial charge in [0, 0.05) is 13.0 Å². The van der Waals surface area contributed by atoms with Gasteiger partial charge < -0.3 is 10.0 Å². The summed E-state index contributed by atoms with van der Waals surface area (Å²) in [4.78, 5) is 25.4. The van der Waals surface area contributed by atoms with Crippen molar-refractivity contribution in [2.75, 3.05) is 6.54 Å². The number of carbonyl (C=O) groups excluding carboxylic acids is 1. The monoisotopic (exact) mass is 329 g/mol. The molecule has 6 heteroatoms. The van der Waals surface area contributed by atoms with Gasteiger partial charge in [0.2, 0.25) is 5.91 Å². The smallest absolute Gasteiger partial charge is 0.308 e. The minimum atomic E-state index is -0.889. The number of carbonyl (C=O) groups is 2. The van der Waals surface area contributed by atoms with Crippen molar-refractivity contribution in [1.82, 2.24) is 4.90 Å². The molecule has 1 amide bonds. The lowest BCUT2D eigenvalue weighted by atomic mass is 9.84. The van der Waals surface area contributed by atoms with Crippen molar-refractivity contribution in [3.05, 3.63) is 33.8 Å². The Kier molecular flexibility index (Phi) is 5.12. The van der Waals surface area contributed by atoms with Crippen molar-refractivity contribution in [3.63, 3.8) is 0 Å². The summed E-state index contributed by atoms with van der Waals surface area (Å²) in [5, 5.41) is 10.3. The number of carboxylic acid groups (broad SMARTS) is 1. The van der Waals surface area contributed by atoms with E-state index in [1.165, 1.54) is 0 Å². The van der Waals surface area contributed by atoms with Gasteiger partial charge in [0.25, 0.3) is 0 Å². The van der Waals surface area contributed by atoms with Crippen molar-refractivity contribution < 1.29 is 14.7 Å². The van der Waals surface area contributed by atoms with Crippen LogP contribution in [0.25, 0.3) is 0 Å². The third kappa shape index (κ3) is 3.33. The van der Waals surface area contributed by atoms with Gasteiger partial charge in [-0.3, -0.25) is 9.59 Å². The molecule has 0 saturated carbocycles. The number of nitrogens with zero attached hydrogens (tertiary/aromatic N) is 1. The fraction of sp³-hybridized carbons (Fsp3) is 0.467. The zero-order valence-electron chi connectivity index (χ0n) is 11.7. The molecule has 2 unspecified atom stereocenters. The summed E-state index contributed by atoms with van der Waals surface area (Å²) in [5.41, 5.74) is 0.721. The molecule has 0 aliphatic carbocycles. The van der Waals surface area contributed by atoms with Gasteiger partial charge in [-0.15, -0.1) is 0 Å². The predicted octanol–water partition coefficient (Wildman–Crippen LogP) is 3.77. The molecule has 2 rings (SSSR count). The highest BCUT2D eigenvalue weighted by Crippen LogP contribution is 2.38. The molecular weight excluding hydrogens is 313 g/mol. The first-order valence-electron chi connectivity index (χ1n) is 6.93. The maximum Gasteiger partial charge on any atom is 0.308 e. The zero-order chi connectivity index (χ0) is 15.6. The maximum absolute atomic E-state index is 12.2. The first kappa shape index (κ1) is 16.1. The SMILES string of the molecule is CCCN1C(=O)CCC(C(=O)O)C1c1ccc(Cl)c(Cl)c1. The Hall–Kier alpha value is -1.26. The molecule has 0 aromatic heterocycles. The molecule has 114 valence electrons. The summed E-state index contributed by atoms with van der Waals surface area (Å²) in [6, 6.07) is 4.56. The fourth-order valence-electron chi connectivity index (χ4n) is 2.82. The lowest BCUT2D eigenvalue weighted by Gasteiger charge is -2.39. The van der Waals surface area contributed by atoms with Gasteiger partial charge in [0.05, 0.1) is 22.0 Å². The summed E-state index contributed by atoms with van der Waals surface area (Å²) in [7, 11) is 0. The van der Waals surface area contributed by atoms with E-state index < -0.39 is 17.9 Å². The fourth-order valence-corrected chi connectivity index (χ4v) is 3.13. The average molecular weight is 330 g/mol. The van der Waals surface area contributed by atoms with E-state index >= 15 is 0 Å². The number of rotatable bonds is 4. The van der Waals surface area contributed by atoms with Crippen LogP contribution in [0.3, 0.4) is 0 Å². The Morgan fingerprint density at radius 1 is 1.38 bits per heavy atom. The molecule has 1 fully saturated rings. The number of likely N-dealkylation sites (tertiary alicyclic amines) is 1. The van der Waals surface area contributed by atoms with Gasteiger partial charge >= 0.3 is 5.97 Å². The molecule has 1 aromatic carbocycles. The standard InChI is InChI=1S/C15H17Cl2NO3/c1-2-7-18-13(19)6-4-10(15(20)21)14(18)9-3-5-11(16)12(17)8-9/h3,5,8,10,14H,2,4,6-7H2,1H3,(H,20,21). The molecule has 1 saturated heterocycles. The minimum absolute atomic E-state index is 0.00887. The van der Waals surface area contributed by atoms with E-state index in [9.17, 15) is 14.7 Å². The Morgan fingerprint density at radius 3 is 2.67 bits per heavy atom. The maximum atomic E-state index is 12.2. The van der Waals surface area contributed by atoms with Crippen LogP contribution in [0.5, 0.6) is 0 Å². The van der Waals surface area contributed by atoms with Crippen LogP contribution in [0, 0.1) is 5.92 Å². The normalized spacial score (nSPS) is 22.4. The summed E-state index contributed by atoms with van der Waals surface area (Å²) in [5.74, 6) is -1.52. The number of piperidine rings is 1. The van der Waals surface area contributed by atoms with Crippen LogP contribution in [0.1, 0.15) is 37.8 Å². The van der Waals surface area contributed by atoms with E-state index in [1.54, 1.807) is 23.1 Å². The van der Waals surface area contributed by atoms with Crippen molar-refractivity contribution in [3.8, 4) is 0 Å². The second-order valence-corrected chi connectivity index (χ2v) is 6.00. The quantitative estimate of drug-likeness (QED) is 0.914. The largest absolute Gasteiger partial charge is 0.481 e. The average Bonchev–Trinajstić information content (AvgIpc) is 2.44. The Balaban J connectivity index is 2.45. The van der Waals surface area contributed by atoms with Crippen LogP contribution in [-0.4, -0.2) is 28.4 Å². The highest BCUT2D eigenvalue weighted by atomic mass is 35.5. The molecule has 0 radical (unpaired) electrons. The lowest BCUT2D eigenvalue weighted by Crippen LogP contribution is -2.45. The highest BCUT2D eigenvalue weighted by molar-refractivity contribution is 6.42. The zero-order valence-corrected chi connectivity index (χ0v) is 13.2. The Bertz CT molecular complexity index is 562. The molecule has 1 heterocycles. The van der Waals surface area contributed by atoms with Gasteiger partial charge in [-0.25, -0.2) is 0 Å². The van der Waals surface area contributed by atoms with Gasteiger partial charge in [-0.05, 0) is 30.5 Å². The van der Waals surface area contributed by atoms with E-state index in [1.807, 2.05) is 6.92 Å². The first-order chi connectivity index (χ1) is 9.95. The van der Waals surface area contributed by atoms with E-state index in [2.05, 4.69) is 0 Å². The van der Waals surface area contributed by atoms with E-state index in [4.69, 9.17) is 23.2 Å². The summed E-state index contributed by atoms with van der Waals surface area (Å²) >= 11 is 12.0. The van der Waals surface area contributed by atoms with Crippen LogP contribution in [0.15, 0.2) is 18.2 Å². The van der Waals surface area contributed by atoms with Crippen molar-refractivity contribution in [2.45, 2.75) is 32.2 Å². The van der Waals surface area contributed by atoms with E-state index in [-0.39, 0.29) is 12.3 Å². The second kappa shape index (κ2) is 6.67. The van der Waals surface area contributed by atoms with Crippen LogP contribution >= 0.6 is 23.2 Å². The molecule has 21 heavy (non-hydrogen) atoms. The van der Waals surface area contributed by atoms with Crippen molar-refractivity contribution in [2.24, 2.45) is 5.92 Å². The van der Waals surface area contributed by atoms with Crippen LogP contribution in [-0.2, 0) is 9.59 Å². The summed E-state index contributed by atoms with van der Waals surface area (Å²) in [6.45, 7) is 2.50. The van der Waals surface area contributed by atoms with E-state index in [0.29, 0.717) is 23.0 Å². The second-order valence-electron chi connectivity index (χ2n) is 5.19. The third-order valence-electron chi connectivity index (χ3n) is 3.77. The molecule has 4 nitrogen and oxygen atoms in total. The van der Waals surface area contributed by atoms with Gasteiger partial charge in [0.15, 0.2) is 0 Å². The summed E-state index contributed by atoms with van der Waals surface area (Å²) < 4.78 is 0. The van der Waals surface area contributed by atoms with Crippen LogP contribution < -0.4 is 0 Å². The topological polar surface area (TPSA) is 57.6 Å². The lowest BCUT2D eigenvalue weighted by molar-refractivity contribution is -0.152. The predicted molar refractivity (Wildman–Crippen MR) is 81.6 cm³/mol. The molecule has 0 bridgehead atoms. The number of carboxylic acids is 1. The first-order valence-corrected chi connectivity index (χ1v) is 7.68. The number of halogens is 2. The van der Waals surface area contributed by atoms with Crippen LogP contribution in [0.4, 0.5) is 0 Å². The summed E-state index contributed by atoms with van der Waals surface area (Å²) in [6.07, 6.45) is 1.39. The molecule has 1 aliphatic rings. The molecular formula is C15H17Cl2NO3. The van der Waals surface area contributed by atoms with Gasteiger partial charge in [0.1, 0.15) is 0 Å². The molecule has 2 atom stereocenters. The Labute approximate surface area is 133 Å². The number of aliphatic carboxylic acids is 1. The highest BCUT2D eigenvalue weighted by Gasteiger charge is 2.40. The number of hydrogen-bond donors (Lipinski definition) is 1. The number of amides is 1. The molecule has 0 spiro atoms. The van der Waals surface area contributed by atoms with Gasteiger partial charge in [-0.2, -0.15) is 0 Å². The van der Waals surface area contributed by atoms with E-state index in [0.717, 1.165) is 12.0 Å². The van der Waals surface area contributed by atoms with Crippen LogP contribution in [0.2, 0.25) is 10.0 Å². The van der Waals surface area contributed by atoms with Crippen molar-refractivity contribution in [1.29, 1.82) is 0 Å². The molecule has 1 aliphatic heterocycles.